The average Bonchev–Trinajstić information content (AvgIpc) is 2.16. The molecule has 4 heteroatoms. The molecule has 1 atom stereocenters. The molecule has 0 aromatic heterocycles. The first-order valence-electron chi connectivity index (χ1n) is 3.92. The molecule has 0 radical (unpaired) electrons. The minimum Gasteiger partial charge on any atom is -0.493 e. The molecule has 1 aliphatic heterocycles. The van der Waals surface area contributed by atoms with Crippen molar-refractivity contribution in [2.75, 3.05) is 13.7 Å². The lowest BCUT2D eigenvalue weighted by Crippen LogP contribution is -2.23. The number of benzene rings is 1. The van der Waals surface area contributed by atoms with E-state index in [1.165, 1.54) is 0 Å². The van der Waals surface area contributed by atoms with Crippen LogP contribution in [0.1, 0.15) is 0 Å². The number of halogens is 1. The smallest absolute Gasteiger partial charge is 0.203 e. The summed E-state index contributed by atoms with van der Waals surface area (Å²) in [5.74, 6) is 2.10. The molecule has 0 saturated carbocycles. The van der Waals surface area contributed by atoms with Gasteiger partial charge >= 0.3 is 0 Å². The van der Waals surface area contributed by atoms with Gasteiger partial charge in [-0.2, -0.15) is 0 Å². The van der Waals surface area contributed by atoms with Gasteiger partial charge in [-0.15, -0.1) is 0 Å². The lowest BCUT2D eigenvalue weighted by molar-refractivity contribution is 0.147. The van der Waals surface area contributed by atoms with Crippen LogP contribution in [0.25, 0.3) is 0 Å². The maximum atomic E-state index is 5.49. The molecule has 0 saturated heterocycles. The Labute approximate surface area is 84.7 Å². The quantitative estimate of drug-likeness (QED) is 0.710. The molecule has 70 valence electrons. The van der Waals surface area contributed by atoms with E-state index in [-0.39, 0.29) is 5.01 Å². The average molecular weight is 245 g/mol. The zero-order valence-electron chi connectivity index (χ0n) is 7.12. The number of fused-ring (bicyclic) bond motifs is 1. The fourth-order valence-electron chi connectivity index (χ4n) is 1.21. The van der Waals surface area contributed by atoms with Gasteiger partial charge in [0.15, 0.2) is 16.5 Å². The molecule has 1 aromatic carbocycles. The van der Waals surface area contributed by atoms with Crippen LogP contribution in [-0.4, -0.2) is 18.7 Å². The molecule has 3 nitrogen and oxygen atoms in total. The van der Waals surface area contributed by atoms with Crippen LogP contribution in [0.3, 0.4) is 0 Å². The zero-order chi connectivity index (χ0) is 9.26. The van der Waals surface area contributed by atoms with Crippen molar-refractivity contribution in [3.05, 3.63) is 18.2 Å². The first-order valence-corrected chi connectivity index (χ1v) is 4.83. The SMILES string of the molecule is COc1cccc2c1OCC(Br)O2. The predicted molar refractivity (Wildman–Crippen MR) is 51.8 cm³/mol. The van der Waals surface area contributed by atoms with Gasteiger partial charge in [-0.3, -0.25) is 0 Å². The Morgan fingerprint density at radius 1 is 1.54 bits per heavy atom. The van der Waals surface area contributed by atoms with Gasteiger partial charge in [-0.25, -0.2) is 0 Å². The highest BCUT2D eigenvalue weighted by molar-refractivity contribution is 9.09. The molecule has 0 bridgehead atoms. The fourth-order valence-corrected chi connectivity index (χ4v) is 1.55. The molecule has 0 N–H and O–H groups in total. The molecule has 0 spiro atoms. The van der Waals surface area contributed by atoms with Crippen molar-refractivity contribution in [1.29, 1.82) is 0 Å². The molecule has 0 amide bonds. The minimum absolute atomic E-state index is 0.0768. The summed E-state index contributed by atoms with van der Waals surface area (Å²) in [6, 6.07) is 5.56. The summed E-state index contributed by atoms with van der Waals surface area (Å²) in [6.45, 7) is 0.493. The maximum absolute atomic E-state index is 5.49. The zero-order valence-corrected chi connectivity index (χ0v) is 8.71. The molecular weight excluding hydrogens is 236 g/mol. The number of methoxy groups -OCH3 is 1. The third-order valence-corrected chi connectivity index (χ3v) is 2.23. The van der Waals surface area contributed by atoms with E-state index >= 15 is 0 Å². The Morgan fingerprint density at radius 2 is 2.38 bits per heavy atom. The molecule has 1 aromatic rings. The second-order valence-electron chi connectivity index (χ2n) is 2.63. The van der Waals surface area contributed by atoms with E-state index in [0.29, 0.717) is 23.9 Å². The number of para-hydroxylation sites is 1. The highest BCUT2D eigenvalue weighted by atomic mass is 79.9. The standard InChI is InChI=1S/C9H9BrO3/c1-11-6-3-2-4-7-9(6)12-5-8(10)13-7/h2-4,8H,5H2,1H3. The second kappa shape index (κ2) is 3.46. The van der Waals surface area contributed by atoms with Crippen molar-refractivity contribution in [2.24, 2.45) is 0 Å². The van der Waals surface area contributed by atoms with Gasteiger partial charge in [-0.05, 0) is 28.1 Å². The van der Waals surface area contributed by atoms with Crippen LogP contribution in [0.5, 0.6) is 17.2 Å². The lowest BCUT2D eigenvalue weighted by atomic mass is 10.3. The van der Waals surface area contributed by atoms with E-state index < -0.39 is 0 Å². The first-order chi connectivity index (χ1) is 6.31. The number of rotatable bonds is 1. The van der Waals surface area contributed by atoms with Crippen LogP contribution in [0.2, 0.25) is 0 Å². The van der Waals surface area contributed by atoms with Crippen molar-refractivity contribution in [2.45, 2.75) is 5.01 Å². The molecule has 0 aliphatic carbocycles. The third kappa shape index (κ3) is 1.58. The molecule has 13 heavy (non-hydrogen) atoms. The van der Waals surface area contributed by atoms with Crippen LogP contribution >= 0.6 is 15.9 Å². The van der Waals surface area contributed by atoms with Crippen molar-refractivity contribution in [3.63, 3.8) is 0 Å². The van der Waals surface area contributed by atoms with Gasteiger partial charge in [0, 0.05) is 0 Å². The summed E-state index contributed by atoms with van der Waals surface area (Å²) >= 11 is 3.32. The number of hydrogen-bond acceptors (Lipinski definition) is 3. The number of ether oxygens (including phenoxy) is 3. The summed E-state index contributed by atoms with van der Waals surface area (Å²) in [5, 5.41) is -0.0768. The van der Waals surface area contributed by atoms with Crippen LogP contribution in [0.15, 0.2) is 18.2 Å². The Hall–Kier alpha value is -0.900. The molecule has 1 heterocycles. The van der Waals surface area contributed by atoms with Gasteiger partial charge in [0.1, 0.15) is 6.61 Å². The summed E-state index contributed by atoms with van der Waals surface area (Å²) in [5.41, 5.74) is 0. The lowest BCUT2D eigenvalue weighted by Gasteiger charge is -2.23. The van der Waals surface area contributed by atoms with E-state index in [1.807, 2.05) is 18.2 Å². The van der Waals surface area contributed by atoms with Crippen molar-refractivity contribution >= 4 is 15.9 Å². The highest BCUT2D eigenvalue weighted by Gasteiger charge is 2.21. The monoisotopic (exact) mass is 244 g/mol. The highest BCUT2D eigenvalue weighted by Crippen LogP contribution is 2.40. The van der Waals surface area contributed by atoms with Crippen molar-refractivity contribution in [1.82, 2.24) is 0 Å². The van der Waals surface area contributed by atoms with Gasteiger partial charge < -0.3 is 14.2 Å². The summed E-state index contributed by atoms with van der Waals surface area (Å²) in [4.78, 5) is 0. The van der Waals surface area contributed by atoms with Gasteiger partial charge in [-0.1, -0.05) is 6.07 Å². The summed E-state index contributed by atoms with van der Waals surface area (Å²) in [6.07, 6.45) is 0. The Bertz CT molecular complexity index is 314. The summed E-state index contributed by atoms with van der Waals surface area (Å²) in [7, 11) is 1.61. The molecule has 1 aliphatic rings. The predicted octanol–water partition coefficient (Wildman–Crippen LogP) is 2.19. The molecular formula is C9H9BrO3. The van der Waals surface area contributed by atoms with Crippen LogP contribution in [0, 0.1) is 0 Å². The van der Waals surface area contributed by atoms with E-state index in [0.717, 1.165) is 0 Å². The first kappa shape index (κ1) is 8.69. The van der Waals surface area contributed by atoms with E-state index in [1.54, 1.807) is 7.11 Å². The molecule has 1 unspecified atom stereocenters. The summed E-state index contributed by atoms with van der Waals surface area (Å²) < 4.78 is 16.1. The van der Waals surface area contributed by atoms with Crippen molar-refractivity contribution in [3.8, 4) is 17.2 Å². The fraction of sp³-hybridized carbons (Fsp3) is 0.333. The largest absolute Gasteiger partial charge is 0.493 e. The van der Waals surface area contributed by atoms with Crippen molar-refractivity contribution < 1.29 is 14.2 Å². The van der Waals surface area contributed by atoms with Gasteiger partial charge in [0.2, 0.25) is 5.75 Å². The van der Waals surface area contributed by atoms with Gasteiger partial charge in [0.05, 0.1) is 7.11 Å². The Kier molecular flexibility index (Phi) is 2.31. The number of alkyl halides is 1. The molecule has 2 rings (SSSR count). The topological polar surface area (TPSA) is 27.7 Å². The minimum atomic E-state index is -0.0768. The van der Waals surface area contributed by atoms with Gasteiger partial charge in [0.25, 0.3) is 0 Å². The normalized spacial score (nSPS) is 19.7. The van der Waals surface area contributed by atoms with E-state index in [4.69, 9.17) is 14.2 Å². The maximum Gasteiger partial charge on any atom is 0.203 e. The Balaban J connectivity index is 2.39. The van der Waals surface area contributed by atoms with Crippen LogP contribution < -0.4 is 14.2 Å². The van der Waals surface area contributed by atoms with E-state index in [9.17, 15) is 0 Å². The third-order valence-electron chi connectivity index (χ3n) is 1.78. The molecule has 0 fully saturated rings. The van der Waals surface area contributed by atoms with Crippen LogP contribution in [0.4, 0.5) is 0 Å². The number of hydrogen-bond donors (Lipinski definition) is 0. The second-order valence-corrected chi connectivity index (χ2v) is 3.65. The Morgan fingerprint density at radius 3 is 3.15 bits per heavy atom. The van der Waals surface area contributed by atoms with Crippen LogP contribution in [-0.2, 0) is 0 Å². The van der Waals surface area contributed by atoms with E-state index in [2.05, 4.69) is 15.9 Å².